The van der Waals surface area contributed by atoms with E-state index in [0.29, 0.717) is 11.2 Å². The third kappa shape index (κ3) is 2.45. The quantitative estimate of drug-likeness (QED) is 0.763. The van der Waals surface area contributed by atoms with Crippen LogP contribution in [-0.2, 0) is 0 Å². The molecule has 0 bridgehead atoms. The van der Waals surface area contributed by atoms with Crippen LogP contribution in [-0.4, -0.2) is 16.1 Å². The molecule has 5 heteroatoms. The summed E-state index contributed by atoms with van der Waals surface area (Å²) in [6, 6.07) is 13.0. The highest BCUT2D eigenvalue weighted by Gasteiger charge is 2.15. The molecule has 0 fully saturated rings. The van der Waals surface area contributed by atoms with Gasteiger partial charge in [0, 0.05) is 10.9 Å². The molecule has 0 spiro atoms. The molecule has 0 aliphatic heterocycles. The number of pyridine rings is 1. The van der Waals surface area contributed by atoms with Gasteiger partial charge in [-0.2, -0.15) is 0 Å². The maximum Gasteiger partial charge on any atom is 0.336 e. The Labute approximate surface area is 124 Å². The van der Waals surface area contributed by atoms with Gasteiger partial charge in [-0.15, -0.1) is 0 Å². The van der Waals surface area contributed by atoms with Crippen LogP contribution >= 0.6 is 11.6 Å². The third-order valence-corrected chi connectivity index (χ3v) is 3.44. The fraction of sp³-hybridized carbons (Fsp3) is 0. The van der Waals surface area contributed by atoms with Crippen molar-refractivity contribution in [3.05, 3.63) is 64.9 Å². The number of nitrogens with zero attached hydrogens (tertiary/aromatic N) is 1. The summed E-state index contributed by atoms with van der Waals surface area (Å²) >= 11 is 5.76. The topological polar surface area (TPSA) is 50.2 Å². The fourth-order valence-corrected chi connectivity index (χ4v) is 2.31. The molecule has 0 amide bonds. The molecule has 1 N–H and O–H groups in total. The molecule has 3 rings (SSSR count). The van der Waals surface area contributed by atoms with Crippen LogP contribution in [0.5, 0.6) is 0 Å². The molecule has 0 atom stereocenters. The lowest BCUT2D eigenvalue weighted by molar-refractivity contribution is 0.0699. The van der Waals surface area contributed by atoms with E-state index in [1.54, 1.807) is 0 Å². The average molecular weight is 302 g/mol. The second-order valence-corrected chi connectivity index (χ2v) is 4.92. The van der Waals surface area contributed by atoms with Crippen LogP contribution in [0.15, 0.2) is 48.5 Å². The lowest BCUT2D eigenvalue weighted by atomic mass is 10.0. The summed E-state index contributed by atoms with van der Waals surface area (Å²) in [5, 5.41) is 9.47. The van der Waals surface area contributed by atoms with E-state index in [-0.39, 0.29) is 16.0 Å². The fourth-order valence-electron chi connectivity index (χ4n) is 2.15. The van der Waals surface area contributed by atoms with E-state index in [9.17, 15) is 14.3 Å². The smallest absolute Gasteiger partial charge is 0.336 e. The summed E-state index contributed by atoms with van der Waals surface area (Å²) in [6.07, 6.45) is 0. The van der Waals surface area contributed by atoms with Crippen LogP contribution in [0.4, 0.5) is 4.39 Å². The molecule has 0 radical (unpaired) electrons. The Morgan fingerprint density at radius 1 is 1.14 bits per heavy atom. The lowest BCUT2D eigenvalue weighted by Gasteiger charge is -2.08. The molecule has 0 saturated carbocycles. The summed E-state index contributed by atoms with van der Waals surface area (Å²) in [5.74, 6) is -1.80. The van der Waals surface area contributed by atoms with Crippen molar-refractivity contribution in [1.29, 1.82) is 0 Å². The number of halogens is 2. The number of aromatic nitrogens is 1. The number of hydrogen-bond acceptors (Lipinski definition) is 2. The van der Waals surface area contributed by atoms with Crippen LogP contribution in [0.3, 0.4) is 0 Å². The van der Waals surface area contributed by atoms with Crippen molar-refractivity contribution in [3.63, 3.8) is 0 Å². The number of benzene rings is 2. The number of aromatic carboxylic acids is 1. The number of carboxylic acids is 1. The van der Waals surface area contributed by atoms with Gasteiger partial charge in [0.2, 0.25) is 0 Å². The predicted molar refractivity (Wildman–Crippen MR) is 79.1 cm³/mol. The Bertz CT molecular complexity index is 850. The maximum atomic E-state index is 13.6. The molecule has 0 aliphatic carbocycles. The average Bonchev–Trinajstić information content (AvgIpc) is 2.48. The minimum absolute atomic E-state index is 0.00517. The Morgan fingerprint density at radius 2 is 1.86 bits per heavy atom. The summed E-state index contributed by atoms with van der Waals surface area (Å²) in [7, 11) is 0. The van der Waals surface area contributed by atoms with E-state index in [4.69, 9.17) is 11.6 Å². The molecule has 2 aromatic carbocycles. The molecule has 1 aromatic heterocycles. The highest BCUT2D eigenvalue weighted by Crippen LogP contribution is 2.28. The van der Waals surface area contributed by atoms with Crippen molar-refractivity contribution in [2.24, 2.45) is 0 Å². The first-order valence-corrected chi connectivity index (χ1v) is 6.52. The third-order valence-electron chi connectivity index (χ3n) is 3.15. The number of carbonyl (C=O) groups is 1. The normalized spacial score (nSPS) is 10.8. The van der Waals surface area contributed by atoms with Crippen LogP contribution in [0.2, 0.25) is 5.02 Å². The maximum absolute atomic E-state index is 13.6. The minimum atomic E-state index is -1.14. The van der Waals surface area contributed by atoms with Crippen LogP contribution < -0.4 is 0 Å². The predicted octanol–water partition coefficient (Wildman–Crippen LogP) is 4.39. The van der Waals surface area contributed by atoms with Gasteiger partial charge < -0.3 is 5.11 Å². The summed E-state index contributed by atoms with van der Waals surface area (Å²) < 4.78 is 13.6. The van der Waals surface area contributed by atoms with E-state index >= 15 is 0 Å². The molecule has 3 aromatic rings. The molecule has 3 nitrogen and oxygen atoms in total. The first-order chi connectivity index (χ1) is 10.1. The summed E-state index contributed by atoms with van der Waals surface area (Å²) in [4.78, 5) is 15.8. The van der Waals surface area contributed by atoms with E-state index < -0.39 is 11.8 Å². The van der Waals surface area contributed by atoms with Crippen molar-refractivity contribution in [2.45, 2.75) is 0 Å². The molecule has 104 valence electrons. The second-order valence-electron chi connectivity index (χ2n) is 4.51. The summed E-state index contributed by atoms with van der Waals surface area (Å²) in [5.41, 5.74) is 1.63. The van der Waals surface area contributed by atoms with E-state index in [2.05, 4.69) is 4.98 Å². The van der Waals surface area contributed by atoms with Crippen molar-refractivity contribution < 1.29 is 14.3 Å². The second kappa shape index (κ2) is 5.14. The molecular weight excluding hydrogens is 293 g/mol. The van der Waals surface area contributed by atoms with Crippen LogP contribution in [0.25, 0.3) is 22.2 Å². The number of hydrogen-bond donors (Lipinski definition) is 1. The Morgan fingerprint density at radius 3 is 2.52 bits per heavy atom. The van der Waals surface area contributed by atoms with Crippen LogP contribution in [0.1, 0.15) is 10.4 Å². The van der Waals surface area contributed by atoms with Gasteiger partial charge in [-0.3, -0.25) is 0 Å². The zero-order valence-electron chi connectivity index (χ0n) is 10.7. The first kappa shape index (κ1) is 13.5. The van der Waals surface area contributed by atoms with Crippen molar-refractivity contribution >= 4 is 28.5 Å². The van der Waals surface area contributed by atoms with Gasteiger partial charge >= 0.3 is 5.97 Å². The van der Waals surface area contributed by atoms with Gasteiger partial charge in [0.25, 0.3) is 0 Å². The van der Waals surface area contributed by atoms with E-state index in [0.717, 1.165) is 11.6 Å². The number of fused-ring (bicyclic) bond motifs is 1. The minimum Gasteiger partial charge on any atom is -0.478 e. The molecule has 0 aliphatic rings. The van der Waals surface area contributed by atoms with Crippen molar-refractivity contribution in [3.8, 4) is 11.3 Å². The standard InChI is InChI=1S/C16H9ClFNO2/c17-12-8-15-10(6-13(12)18)11(16(20)21)7-14(19-15)9-4-2-1-3-5-9/h1-8H,(H,20,21). The Hall–Kier alpha value is -2.46. The van der Waals surface area contributed by atoms with Gasteiger partial charge in [0.1, 0.15) is 5.82 Å². The molecule has 1 heterocycles. The van der Waals surface area contributed by atoms with Gasteiger partial charge in [-0.05, 0) is 18.2 Å². The number of carboxylic acid groups (broad SMARTS) is 1. The molecule has 21 heavy (non-hydrogen) atoms. The number of rotatable bonds is 2. The highest BCUT2D eigenvalue weighted by molar-refractivity contribution is 6.31. The van der Waals surface area contributed by atoms with E-state index in [1.807, 2.05) is 30.3 Å². The highest BCUT2D eigenvalue weighted by atomic mass is 35.5. The zero-order valence-corrected chi connectivity index (χ0v) is 11.4. The van der Waals surface area contributed by atoms with Crippen molar-refractivity contribution in [1.82, 2.24) is 4.98 Å². The van der Waals surface area contributed by atoms with Gasteiger partial charge in [-0.1, -0.05) is 41.9 Å². The van der Waals surface area contributed by atoms with Gasteiger partial charge in [0.15, 0.2) is 0 Å². The Balaban J connectivity index is 2.35. The monoisotopic (exact) mass is 301 g/mol. The molecule has 0 saturated heterocycles. The van der Waals surface area contributed by atoms with E-state index in [1.165, 1.54) is 12.1 Å². The van der Waals surface area contributed by atoms with Crippen LogP contribution in [0, 0.1) is 5.82 Å². The first-order valence-electron chi connectivity index (χ1n) is 6.15. The van der Waals surface area contributed by atoms with Gasteiger partial charge in [0.05, 0.1) is 21.8 Å². The zero-order chi connectivity index (χ0) is 15.0. The largest absolute Gasteiger partial charge is 0.478 e. The molecule has 0 unspecified atom stereocenters. The SMILES string of the molecule is O=C(O)c1cc(-c2ccccc2)nc2cc(Cl)c(F)cc12. The Kier molecular flexibility index (Phi) is 3.31. The van der Waals surface area contributed by atoms with Crippen molar-refractivity contribution in [2.75, 3.05) is 0 Å². The lowest BCUT2D eigenvalue weighted by Crippen LogP contribution is -2.01. The molecular formula is C16H9ClFNO2. The van der Waals surface area contributed by atoms with Gasteiger partial charge in [-0.25, -0.2) is 14.2 Å². The summed E-state index contributed by atoms with van der Waals surface area (Å²) in [6.45, 7) is 0.